The minimum atomic E-state index is -1.42. The molecule has 0 bridgehead atoms. The van der Waals surface area contributed by atoms with Crippen molar-refractivity contribution >= 4 is 11.8 Å². The molecule has 1 aliphatic heterocycles. The highest BCUT2D eigenvalue weighted by atomic mass is 16.6. The number of amides is 1. The summed E-state index contributed by atoms with van der Waals surface area (Å²) in [5, 5.41) is 11.5. The maximum Gasteiger partial charge on any atom is 0.432 e. The van der Waals surface area contributed by atoms with Gasteiger partial charge in [0.25, 0.3) is 0 Å². The third kappa shape index (κ3) is 1.90. The number of nitrogens with zero attached hydrogens (tertiary/aromatic N) is 1. The number of hydrogen-bond donors (Lipinski definition) is 2. The fourth-order valence-electron chi connectivity index (χ4n) is 1.72. The van der Waals surface area contributed by atoms with E-state index < -0.39 is 17.4 Å². The largest absolute Gasteiger partial charge is 0.437 e. The van der Waals surface area contributed by atoms with Crippen LogP contribution in [-0.2, 0) is 4.74 Å². The lowest BCUT2D eigenvalue weighted by atomic mass is 9.97. The van der Waals surface area contributed by atoms with Crippen LogP contribution in [-0.4, -0.2) is 27.5 Å². The zero-order chi connectivity index (χ0) is 13.6. The second kappa shape index (κ2) is 3.88. The van der Waals surface area contributed by atoms with Crippen molar-refractivity contribution in [2.75, 3.05) is 5.43 Å². The zero-order valence-corrected chi connectivity index (χ0v) is 11.0. The van der Waals surface area contributed by atoms with Crippen molar-refractivity contribution in [3.63, 3.8) is 0 Å². The Labute approximate surface area is 106 Å². The number of nitrogens with one attached hydrogen (secondary N) is 1. The summed E-state index contributed by atoms with van der Waals surface area (Å²) in [4.78, 5) is 11.8. The topological polar surface area (TPSA) is 61.8 Å². The summed E-state index contributed by atoms with van der Waals surface area (Å²) in [6, 6.07) is 7.52. The number of benzene rings is 1. The molecule has 0 aliphatic carbocycles. The molecule has 2 N–H and O–H groups in total. The van der Waals surface area contributed by atoms with Gasteiger partial charge in [-0.1, -0.05) is 17.7 Å². The molecule has 1 aromatic carbocycles. The van der Waals surface area contributed by atoms with Crippen molar-refractivity contribution < 1.29 is 14.6 Å². The Bertz CT molecular complexity index is 466. The van der Waals surface area contributed by atoms with Gasteiger partial charge in [-0.2, -0.15) is 5.01 Å². The van der Waals surface area contributed by atoms with Gasteiger partial charge in [-0.15, -0.1) is 0 Å². The van der Waals surface area contributed by atoms with Crippen LogP contribution < -0.4 is 5.43 Å². The molecule has 98 valence electrons. The van der Waals surface area contributed by atoms with Gasteiger partial charge in [0, 0.05) is 0 Å². The van der Waals surface area contributed by atoms with Crippen LogP contribution in [0.3, 0.4) is 0 Å². The highest BCUT2D eigenvalue weighted by Crippen LogP contribution is 2.36. The Morgan fingerprint density at radius 3 is 2.22 bits per heavy atom. The molecule has 5 heteroatoms. The Kier molecular flexibility index (Phi) is 2.74. The Morgan fingerprint density at radius 2 is 1.78 bits per heavy atom. The average Bonchev–Trinajstić information content (AvgIpc) is 2.40. The third-order valence-electron chi connectivity index (χ3n) is 3.39. The minimum absolute atomic E-state index is 0.592. The fourth-order valence-corrected chi connectivity index (χ4v) is 1.72. The summed E-state index contributed by atoms with van der Waals surface area (Å²) in [6.07, 6.45) is -0.592. The molecule has 5 nitrogen and oxygen atoms in total. The summed E-state index contributed by atoms with van der Waals surface area (Å²) in [5.74, 6) is 0. The number of rotatable bonds is 2. The first-order valence-electron chi connectivity index (χ1n) is 5.83. The van der Waals surface area contributed by atoms with Crippen molar-refractivity contribution in [1.82, 2.24) is 5.01 Å². The van der Waals surface area contributed by atoms with E-state index in [0.29, 0.717) is 0 Å². The maximum atomic E-state index is 11.8. The van der Waals surface area contributed by atoms with E-state index in [9.17, 15) is 9.90 Å². The quantitative estimate of drug-likeness (QED) is 0.845. The van der Waals surface area contributed by atoms with E-state index in [1.807, 2.05) is 31.2 Å². The SMILES string of the molecule is Cc1ccc(NN2C(=O)OC(C)(C)[C@]2(C)O)cc1. The number of aryl methyl sites for hydroxylation is 1. The monoisotopic (exact) mass is 250 g/mol. The van der Waals surface area contributed by atoms with E-state index in [4.69, 9.17) is 4.74 Å². The van der Waals surface area contributed by atoms with E-state index in [1.54, 1.807) is 20.8 Å². The van der Waals surface area contributed by atoms with Gasteiger partial charge in [0.15, 0.2) is 11.3 Å². The number of anilines is 1. The van der Waals surface area contributed by atoms with Crippen LogP contribution in [0.4, 0.5) is 10.5 Å². The molecule has 0 saturated carbocycles. The first-order valence-corrected chi connectivity index (χ1v) is 5.83. The van der Waals surface area contributed by atoms with Crippen LogP contribution >= 0.6 is 0 Å². The molecule has 18 heavy (non-hydrogen) atoms. The van der Waals surface area contributed by atoms with Crippen LogP contribution in [0.1, 0.15) is 26.3 Å². The lowest BCUT2D eigenvalue weighted by Gasteiger charge is -2.34. The summed E-state index contributed by atoms with van der Waals surface area (Å²) in [5.41, 5.74) is 2.32. The first-order chi connectivity index (χ1) is 8.24. The van der Waals surface area contributed by atoms with E-state index in [0.717, 1.165) is 16.3 Å². The van der Waals surface area contributed by atoms with Gasteiger partial charge < -0.3 is 9.84 Å². The van der Waals surface area contributed by atoms with Gasteiger partial charge in [-0.3, -0.25) is 5.43 Å². The van der Waals surface area contributed by atoms with Gasteiger partial charge >= 0.3 is 6.09 Å². The lowest BCUT2D eigenvalue weighted by Crippen LogP contribution is -2.55. The van der Waals surface area contributed by atoms with Gasteiger partial charge in [0.1, 0.15) is 0 Å². The van der Waals surface area contributed by atoms with Gasteiger partial charge in [0.05, 0.1) is 5.69 Å². The van der Waals surface area contributed by atoms with Crippen molar-refractivity contribution in [3.05, 3.63) is 29.8 Å². The normalized spacial score (nSPS) is 26.1. The van der Waals surface area contributed by atoms with Crippen molar-refractivity contribution in [1.29, 1.82) is 0 Å². The molecule has 1 fully saturated rings. The first kappa shape index (κ1) is 12.7. The highest BCUT2D eigenvalue weighted by molar-refractivity contribution is 5.74. The van der Waals surface area contributed by atoms with Crippen molar-refractivity contribution in [2.24, 2.45) is 0 Å². The van der Waals surface area contributed by atoms with Crippen molar-refractivity contribution in [2.45, 2.75) is 39.0 Å². The smallest absolute Gasteiger partial charge is 0.432 e. The summed E-state index contributed by atoms with van der Waals surface area (Å²) in [6.45, 7) is 6.86. The molecule has 1 aromatic rings. The van der Waals surface area contributed by atoms with Gasteiger partial charge in [-0.05, 0) is 39.8 Å². The maximum absolute atomic E-state index is 11.8. The Morgan fingerprint density at radius 1 is 1.22 bits per heavy atom. The third-order valence-corrected chi connectivity index (χ3v) is 3.39. The molecule has 1 heterocycles. The molecule has 1 aliphatic rings. The fraction of sp³-hybridized carbons (Fsp3) is 0.462. The number of hydrogen-bond acceptors (Lipinski definition) is 4. The van der Waals surface area contributed by atoms with Gasteiger partial charge in [-0.25, -0.2) is 4.79 Å². The van der Waals surface area contributed by atoms with E-state index in [2.05, 4.69) is 5.43 Å². The number of hydrazine groups is 1. The van der Waals surface area contributed by atoms with Gasteiger partial charge in [0.2, 0.25) is 0 Å². The number of carbonyl (C=O) groups is 1. The highest BCUT2D eigenvalue weighted by Gasteiger charge is 2.57. The van der Waals surface area contributed by atoms with E-state index in [1.165, 1.54) is 0 Å². The predicted octanol–water partition coefficient (Wildman–Crippen LogP) is 2.26. The molecule has 0 spiro atoms. The molecular weight excluding hydrogens is 232 g/mol. The standard InChI is InChI=1S/C13H18N2O3/c1-9-5-7-10(8-6-9)14-15-11(16)18-12(2,3)13(15,4)17/h5-8,14,17H,1-4H3/t13-/m0/s1. The molecule has 0 unspecified atom stereocenters. The summed E-state index contributed by atoms with van der Waals surface area (Å²) in [7, 11) is 0. The number of carbonyl (C=O) groups excluding carboxylic acids is 1. The Balaban J connectivity index is 2.24. The molecule has 1 amide bonds. The summed E-state index contributed by atoms with van der Waals surface area (Å²) >= 11 is 0. The molecule has 1 saturated heterocycles. The van der Waals surface area contributed by atoms with Crippen LogP contribution in [0.25, 0.3) is 0 Å². The number of ether oxygens (including phenoxy) is 1. The Hall–Kier alpha value is -1.75. The molecular formula is C13H18N2O3. The second-order valence-corrected chi connectivity index (χ2v) is 5.21. The van der Waals surface area contributed by atoms with E-state index in [-0.39, 0.29) is 0 Å². The molecule has 0 aromatic heterocycles. The van der Waals surface area contributed by atoms with Crippen LogP contribution in [0.15, 0.2) is 24.3 Å². The second-order valence-electron chi connectivity index (χ2n) is 5.21. The molecule has 1 atom stereocenters. The lowest BCUT2D eigenvalue weighted by molar-refractivity contribution is -0.121. The van der Waals surface area contributed by atoms with Crippen LogP contribution in [0, 0.1) is 6.92 Å². The summed E-state index contributed by atoms with van der Waals surface area (Å²) < 4.78 is 5.15. The number of aliphatic hydroxyl groups is 1. The van der Waals surface area contributed by atoms with E-state index >= 15 is 0 Å². The zero-order valence-electron chi connectivity index (χ0n) is 11.0. The minimum Gasteiger partial charge on any atom is -0.437 e. The van der Waals surface area contributed by atoms with Crippen LogP contribution in [0.2, 0.25) is 0 Å². The van der Waals surface area contributed by atoms with Crippen molar-refractivity contribution in [3.8, 4) is 0 Å². The average molecular weight is 250 g/mol. The van der Waals surface area contributed by atoms with Crippen LogP contribution in [0.5, 0.6) is 0 Å². The predicted molar refractivity (Wildman–Crippen MR) is 67.8 cm³/mol. The molecule has 0 radical (unpaired) electrons. The molecule has 2 rings (SSSR count). The number of cyclic esters (lactones) is 1.